The van der Waals surface area contributed by atoms with Gasteiger partial charge in [0.1, 0.15) is 0 Å². The molecule has 1 aliphatic rings. The Morgan fingerprint density at radius 3 is 2.63 bits per heavy atom. The Hall–Kier alpha value is -2.56. The average molecular weight is 525 g/mol. The monoisotopic (exact) mass is 525 g/mol. The van der Waals surface area contributed by atoms with Crippen LogP contribution in [0.1, 0.15) is 35.9 Å². The molecule has 0 bridgehead atoms. The first-order chi connectivity index (χ1) is 14.1. The normalized spacial score (nSPS) is 16.0. The second kappa shape index (κ2) is 11.6. The fourth-order valence-electron chi connectivity index (χ4n) is 3.21. The SMILES string of the molecule is CCC(=O)N1CCC(NC(=NC)NCc2ccc(NC(=O)c3ccco3)cc2)C1.I. The number of amides is 2. The molecule has 3 N–H and O–H groups in total. The number of likely N-dealkylation sites (tertiary alicyclic amines) is 1. The largest absolute Gasteiger partial charge is 0.459 e. The molecule has 2 amide bonds. The van der Waals surface area contributed by atoms with Crippen molar-refractivity contribution in [1.82, 2.24) is 15.5 Å². The fourth-order valence-corrected chi connectivity index (χ4v) is 3.21. The van der Waals surface area contributed by atoms with Gasteiger partial charge in [0.15, 0.2) is 11.7 Å². The summed E-state index contributed by atoms with van der Waals surface area (Å²) >= 11 is 0. The van der Waals surface area contributed by atoms with Crippen LogP contribution < -0.4 is 16.0 Å². The van der Waals surface area contributed by atoms with Crippen LogP contribution in [0.2, 0.25) is 0 Å². The molecule has 8 nitrogen and oxygen atoms in total. The maximum atomic E-state index is 12.0. The lowest BCUT2D eigenvalue weighted by Gasteiger charge is -2.18. The first-order valence-electron chi connectivity index (χ1n) is 9.77. The second-order valence-electron chi connectivity index (χ2n) is 6.88. The van der Waals surface area contributed by atoms with Crippen LogP contribution in [-0.2, 0) is 11.3 Å². The Labute approximate surface area is 193 Å². The molecule has 162 valence electrons. The van der Waals surface area contributed by atoms with E-state index in [-0.39, 0.29) is 47.6 Å². The van der Waals surface area contributed by atoms with E-state index in [9.17, 15) is 9.59 Å². The number of furan rings is 1. The number of aliphatic imine (C=N–C) groups is 1. The number of carbonyl (C=O) groups excluding carboxylic acids is 2. The highest BCUT2D eigenvalue weighted by molar-refractivity contribution is 14.0. The third kappa shape index (κ3) is 6.48. The van der Waals surface area contributed by atoms with Gasteiger partial charge in [0.05, 0.1) is 6.26 Å². The molecule has 1 saturated heterocycles. The van der Waals surface area contributed by atoms with Gasteiger partial charge in [-0.2, -0.15) is 0 Å². The van der Waals surface area contributed by atoms with E-state index in [1.54, 1.807) is 19.2 Å². The number of benzene rings is 1. The summed E-state index contributed by atoms with van der Waals surface area (Å²) in [6.07, 6.45) is 2.92. The molecule has 1 aromatic carbocycles. The molecule has 9 heteroatoms. The van der Waals surface area contributed by atoms with Gasteiger partial charge in [-0.1, -0.05) is 19.1 Å². The van der Waals surface area contributed by atoms with E-state index in [1.165, 1.54) is 6.26 Å². The van der Waals surface area contributed by atoms with Gasteiger partial charge in [-0.05, 0) is 36.2 Å². The zero-order valence-corrected chi connectivity index (χ0v) is 19.5. The predicted octanol–water partition coefficient (Wildman–Crippen LogP) is 2.83. The summed E-state index contributed by atoms with van der Waals surface area (Å²) in [7, 11) is 1.73. The van der Waals surface area contributed by atoms with Crippen LogP contribution in [0, 0.1) is 0 Å². The number of nitrogens with zero attached hydrogens (tertiary/aromatic N) is 2. The Morgan fingerprint density at radius 2 is 2.00 bits per heavy atom. The lowest BCUT2D eigenvalue weighted by atomic mass is 10.2. The van der Waals surface area contributed by atoms with Gasteiger partial charge < -0.3 is 25.3 Å². The number of carbonyl (C=O) groups is 2. The summed E-state index contributed by atoms with van der Waals surface area (Å²) in [4.78, 5) is 30.0. The Balaban J connectivity index is 0.00000320. The molecule has 0 radical (unpaired) electrons. The maximum Gasteiger partial charge on any atom is 0.291 e. The molecule has 1 aromatic heterocycles. The van der Waals surface area contributed by atoms with E-state index in [1.807, 2.05) is 36.1 Å². The zero-order valence-electron chi connectivity index (χ0n) is 17.2. The van der Waals surface area contributed by atoms with E-state index in [0.717, 1.165) is 18.5 Å². The van der Waals surface area contributed by atoms with E-state index in [2.05, 4.69) is 20.9 Å². The first kappa shape index (κ1) is 23.7. The van der Waals surface area contributed by atoms with Gasteiger partial charge in [-0.25, -0.2) is 0 Å². The molecule has 2 heterocycles. The van der Waals surface area contributed by atoms with E-state index >= 15 is 0 Å². The molecule has 0 saturated carbocycles. The number of halogens is 1. The summed E-state index contributed by atoms with van der Waals surface area (Å²) in [6.45, 7) is 3.97. The highest BCUT2D eigenvalue weighted by Crippen LogP contribution is 2.12. The molecular formula is C21H28IN5O3. The number of guanidine groups is 1. The van der Waals surface area contributed by atoms with Gasteiger partial charge in [-0.15, -0.1) is 24.0 Å². The summed E-state index contributed by atoms with van der Waals surface area (Å²) in [6, 6.07) is 11.1. The Morgan fingerprint density at radius 1 is 1.23 bits per heavy atom. The fraction of sp³-hybridized carbons (Fsp3) is 0.381. The van der Waals surface area contributed by atoms with Gasteiger partial charge in [0, 0.05) is 44.8 Å². The van der Waals surface area contributed by atoms with Gasteiger partial charge in [0.2, 0.25) is 5.91 Å². The number of hydrogen-bond donors (Lipinski definition) is 3. The summed E-state index contributed by atoms with van der Waals surface area (Å²) in [5.41, 5.74) is 1.75. The van der Waals surface area contributed by atoms with Crippen LogP contribution in [0.5, 0.6) is 0 Å². The standard InChI is InChI=1S/C21H27N5O3.HI/c1-3-19(27)26-11-10-17(14-26)25-21(22-2)23-13-15-6-8-16(9-7-15)24-20(28)18-5-4-12-29-18;/h4-9,12,17H,3,10-11,13-14H2,1-2H3,(H,24,28)(H2,22,23,25);1H. The van der Waals surface area contributed by atoms with Crippen LogP contribution in [0.25, 0.3) is 0 Å². The Bertz CT molecular complexity index is 852. The minimum Gasteiger partial charge on any atom is -0.459 e. The van der Waals surface area contributed by atoms with E-state index in [0.29, 0.717) is 31.2 Å². The second-order valence-corrected chi connectivity index (χ2v) is 6.88. The molecule has 2 aromatic rings. The third-order valence-electron chi connectivity index (χ3n) is 4.82. The van der Waals surface area contributed by atoms with Crippen molar-refractivity contribution < 1.29 is 14.0 Å². The van der Waals surface area contributed by atoms with Crippen LogP contribution >= 0.6 is 24.0 Å². The van der Waals surface area contributed by atoms with Crippen LogP contribution in [0.15, 0.2) is 52.1 Å². The van der Waals surface area contributed by atoms with Crippen molar-refractivity contribution in [1.29, 1.82) is 0 Å². The molecule has 1 atom stereocenters. The first-order valence-corrected chi connectivity index (χ1v) is 9.77. The quantitative estimate of drug-likeness (QED) is 0.306. The molecule has 1 unspecified atom stereocenters. The average Bonchev–Trinajstić information content (AvgIpc) is 3.44. The van der Waals surface area contributed by atoms with Crippen molar-refractivity contribution in [2.45, 2.75) is 32.4 Å². The topological polar surface area (TPSA) is 99.0 Å². The molecule has 0 aliphatic carbocycles. The van der Waals surface area contributed by atoms with Crippen molar-refractivity contribution in [3.05, 3.63) is 54.0 Å². The van der Waals surface area contributed by atoms with Crippen molar-refractivity contribution in [3.63, 3.8) is 0 Å². The minimum atomic E-state index is -0.280. The number of rotatable bonds is 6. The molecule has 0 spiro atoms. The van der Waals surface area contributed by atoms with E-state index in [4.69, 9.17) is 4.42 Å². The predicted molar refractivity (Wildman–Crippen MR) is 127 cm³/mol. The highest BCUT2D eigenvalue weighted by Gasteiger charge is 2.25. The summed E-state index contributed by atoms with van der Waals surface area (Å²) in [5, 5.41) is 9.45. The van der Waals surface area contributed by atoms with Crippen molar-refractivity contribution in [2.24, 2.45) is 4.99 Å². The van der Waals surface area contributed by atoms with Gasteiger partial charge in [0.25, 0.3) is 5.91 Å². The van der Waals surface area contributed by atoms with E-state index < -0.39 is 0 Å². The lowest BCUT2D eigenvalue weighted by Crippen LogP contribution is -2.44. The van der Waals surface area contributed by atoms with Crippen molar-refractivity contribution in [2.75, 3.05) is 25.5 Å². The number of anilines is 1. The minimum absolute atomic E-state index is 0. The number of hydrogen-bond acceptors (Lipinski definition) is 4. The molecule has 1 fully saturated rings. The zero-order chi connectivity index (χ0) is 20.6. The third-order valence-corrected chi connectivity index (χ3v) is 4.82. The van der Waals surface area contributed by atoms with Crippen LogP contribution in [-0.4, -0.2) is 48.9 Å². The van der Waals surface area contributed by atoms with Gasteiger partial charge in [-0.3, -0.25) is 14.6 Å². The summed E-state index contributed by atoms with van der Waals surface area (Å²) in [5.74, 6) is 0.891. The molecule has 1 aliphatic heterocycles. The van der Waals surface area contributed by atoms with Gasteiger partial charge >= 0.3 is 0 Å². The summed E-state index contributed by atoms with van der Waals surface area (Å²) < 4.78 is 5.09. The highest BCUT2D eigenvalue weighted by atomic mass is 127. The van der Waals surface area contributed by atoms with Crippen molar-refractivity contribution >= 4 is 47.4 Å². The molecule has 30 heavy (non-hydrogen) atoms. The van der Waals surface area contributed by atoms with Crippen molar-refractivity contribution in [3.8, 4) is 0 Å². The maximum absolute atomic E-state index is 12.0. The molecular weight excluding hydrogens is 497 g/mol. The van der Waals surface area contributed by atoms with Crippen LogP contribution in [0.4, 0.5) is 5.69 Å². The number of nitrogens with one attached hydrogen (secondary N) is 3. The van der Waals surface area contributed by atoms with Crippen LogP contribution in [0.3, 0.4) is 0 Å². The lowest BCUT2D eigenvalue weighted by molar-refractivity contribution is -0.129. The molecule has 3 rings (SSSR count). The smallest absolute Gasteiger partial charge is 0.291 e. The Kier molecular flexibility index (Phi) is 9.15.